The predicted octanol–water partition coefficient (Wildman–Crippen LogP) is 4.05. The molecule has 0 aromatic heterocycles. The van der Waals surface area contributed by atoms with Crippen molar-refractivity contribution in [3.63, 3.8) is 0 Å². The van der Waals surface area contributed by atoms with Gasteiger partial charge in [-0.1, -0.05) is 31.9 Å². The average molecular weight is 282 g/mol. The van der Waals surface area contributed by atoms with Gasteiger partial charge in [0.1, 0.15) is 0 Å². The highest BCUT2D eigenvalue weighted by molar-refractivity contribution is 6.33. The van der Waals surface area contributed by atoms with E-state index in [9.17, 15) is 4.79 Å². The van der Waals surface area contributed by atoms with Gasteiger partial charge in [0, 0.05) is 13.1 Å². The van der Waals surface area contributed by atoms with Crippen molar-refractivity contribution in [3.05, 3.63) is 28.8 Å². The molecule has 104 valence electrons. The Labute approximate surface area is 119 Å². The molecule has 1 aromatic carbocycles. The summed E-state index contributed by atoms with van der Waals surface area (Å²) in [5.41, 5.74) is 1.62. The van der Waals surface area contributed by atoms with Crippen molar-refractivity contribution in [1.29, 1.82) is 0 Å². The van der Waals surface area contributed by atoms with Crippen molar-refractivity contribution in [2.75, 3.05) is 18.0 Å². The molecule has 1 aliphatic heterocycles. The van der Waals surface area contributed by atoms with Gasteiger partial charge < -0.3 is 10.0 Å². The molecule has 4 heteroatoms. The van der Waals surface area contributed by atoms with Gasteiger partial charge in [-0.25, -0.2) is 4.79 Å². The van der Waals surface area contributed by atoms with Crippen LogP contribution in [0.3, 0.4) is 0 Å². The smallest absolute Gasteiger partial charge is 0.335 e. The topological polar surface area (TPSA) is 40.5 Å². The van der Waals surface area contributed by atoms with Gasteiger partial charge in [0.15, 0.2) is 0 Å². The molecular formula is C15H20ClNO2. The van der Waals surface area contributed by atoms with Gasteiger partial charge in [0.25, 0.3) is 0 Å². The molecule has 0 unspecified atom stereocenters. The van der Waals surface area contributed by atoms with E-state index in [1.807, 2.05) is 6.07 Å². The number of hydrogen-bond donors (Lipinski definition) is 1. The summed E-state index contributed by atoms with van der Waals surface area (Å²) in [6, 6.07) is 4.98. The number of nitrogens with zero attached hydrogens (tertiary/aromatic N) is 1. The van der Waals surface area contributed by atoms with E-state index in [0.29, 0.717) is 10.4 Å². The lowest BCUT2D eigenvalue weighted by atomic mass is 9.78. The molecule has 1 fully saturated rings. The second-order valence-corrected chi connectivity index (χ2v) is 6.03. The third-order valence-electron chi connectivity index (χ3n) is 4.36. The molecule has 0 aliphatic carbocycles. The maximum atomic E-state index is 10.9. The van der Waals surface area contributed by atoms with Gasteiger partial charge in [-0.05, 0) is 36.5 Å². The molecule has 1 heterocycles. The van der Waals surface area contributed by atoms with Gasteiger partial charge in [-0.3, -0.25) is 0 Å². The zero-order chi connectivity index (χ0) is 14.0. The molecule has 1 aromatic rings. The van der Waals surface area contributed by atoms with Crippen LogP contribution in [0.1, 0.15) is 43.5 Å². The maximum absolute atomic E-state index is 10.9. The summed E-state index contributed by atoms with van der Waals surface area (Å²) in [7, 11) is 0. The van der Waals surface area contributed by atoms with Gasteiger partial charge >= 0.3 is 5.97 Å². The molecule has 0 radical (unpaired) electrons. The first-order chi connectivity index (χ1) is 8.95. The Kier molecular flexibility index (Phi) is 4.04. The third kappa shape index (κ3) is 3.03. The number of aromatic carboxylic acids is 1. The first kappa shape index (κ1) is 14.2. The Balaban J connectivity index is 2.14. The van der Waals surface area contributed by atoms with Crippen LogP contribution in [-0.2, 0) is 0 Å². The fourth-order valence-electron chi connectivity index (χ4n) is 2.54. The Morgan fingerprint density at radius 3 is 2.53 bits per heavy atom. The summed E-state index contributed by atoms with van der Waals surface area (Å²) in [6.45, 7) is 6.54. The molecule has 0 bridgehead atoms. The Hall–Kier alpha value is -1.22. The summed E-state index contributed by atoms with van der Waals surface area (Å²) in [4.78, 5) is 13.1. The van der Waals surface area contributed by atoms with E-state index in [-0.39, 0.29) is 5.56 Å². The molecule has 0 spiro atoms. The van der Waals surface area contributed by atoms with Crippen molar-refractivity contribution < 1.29 is 9.90 Å². The quantitative estimate of drug-likeness (QED) is 0.908. The minimum absolute atomic E-state index is 0.240. The molecule has 2 rings (SSSR count). The second kappa shape index (κ2) is 5.41. The van der Waals surface area contributed by atoms with Crippen LogP contribution in [0.4, 0.5) is 5.69 Å². The van der Waals surface area contributed by atoms with Crippen molar-refractivity contribution in [2.45, 2.75) is 33.1 Å². The number of carboxylic acids is 1. The van der Waals surface area contributed by atoms with E-state index in [1.54, 1.807) is 6.07 Å². The number of carboxylic acid groups (broad SMARTS) is 1. The van der Waals surface area contributed by atoms with E-state index in [1.165, 1.54) is 12.5 Å². The number of piperidine rings is 1. The van der Waals surface area contributed by atoms with Crippen LogP contribution in [0.2, 0.25) is 5.02 Å². The van der Waals surface area contributed by atoms with Crippen LogP contribution in [0.15, 0.2) is 18.2 Å². The molecular weight excluding hydrogens is 262 g/mol. The predicted molar refractivity (Wildman–Crippen MR) is 78.3 cm³/mol. The minimum Gasteiger partial charge on any atom is -0.478 e. The fraction of sp³-hybridized carbons (Fsp3) is 0.533. The largest absolute Gasteiger partial charge is 0.478 e. The van der Waals surface area contributed by atoms with Gasteiger partial charge in [-0.2, -0.15) is 0 Å². The molecule has 0 amide bonds. The highest BCUT2D eigenvalue weighted by atomic mass is 35.5. The van der Waals surface area contributed by atoms with Crippen LogP contribution < -0.4 is 4.90 Å². The van der Waals surface area contributed by atoms with Crippen molar-refractivity contribution >= 4 is 23.3 Å². The summed E-state index contributed by atoms with van der Waals surface area (Å²) in [6.07, 6.45) is 3.51. The van der Waals surface area contributed by atoms with Crippen molar-refractivity contribution in [3.8, 4) is 0 Å². The molecule has 0 saturated carbocycles. The Bertz CT molecular complexity index is 479. The van der Waals surface area contributed by atoms with E-state index in [4.69, 9.17) is 16.7 Å². The van der Waals surface area contributed by atoms with Crippen LogP contribution in [-0.4, -0.2) is 24.2 Å². The Morgan fingerprint density at radius 1 is 1.42 bits per heavy atom. The highest BCUT2D eigenvalue weighted by Gasteiger charge is 2.29. The SMILES string of the molecule is CCC1(C)CCN(c2ccc(C(=O)O)cc2Cl)CC1. The van der Waals surface area contributed by atoms with Crippen LogP contribution in [0.25, 0.3) is 0 Å². The molecule has 1 aliphatic rings. The zero-order valence-electron chi connectivity index (χ0n) is 11.4. The van der Waals surface area contributed by atoms with E-state index >= 15 is 0 Å². The maximum Gasteiger partial charge on any atom is 0.335 e. The summed E-state index contributed by atoms with van der Waals surface area (Å²) in [5.74, 6) is -0.939. The van der Waals surface area contributed by atoms with Gasteiger partial charge in [-0.15, -0.1) is 0 Å². The first-order valence-electron chi connectivity index (χ1n) is 6.73. The van der Waals surface area contributed by atoms with Crippen LogP contribution >= 0.6 is 11.6 Å². The number of halogens is 1. The van der Waals surface area contributed by atoms with Crippen LogP contribution in [0.5, 0.6) is 0 Å². The van der Waals surface area contributed by atoms with E-state index in [2.05, 4.69) is 18.7 Å². The monoisotopic (exact) mass is 281 g/mol. The number of hydrogen-bond acceptors (Lipinski definition) is 2. The average Bonchev–Trinajstić information content (AvgIpc) is 2.40. The van der Waals surface area contributed by atoms with Crippen molar-refractivity contribution in [2.24, 2.45) is 5.41 Å². The summed E-state index contributed by atoms with van der Waals surface area (Å²) < 4.78 is 0. The lowest BCUT2D eigenvalue weighted by Crippen LogP contribution is -2.38. The number of anilines is 1. The number of benzene rings is 1. The lowest BCUT2D eigenvalue weighted by Gasteiger charge is -2.40. The second-order valence-electron chi connectivity index (χ2n) is 5.62. The standard InChI is InChI=1S/C15H20ClNO2/c1-3-15(2)6-8-17(9-7-15)13-5-4-11(14(18)19)10-12(13)16/h4-5,10H,3,6-9H2,1-2H3,(H,18,19). The van der Waals surface area contributed by atoms with E-state index in [0.717, 1.165) is 31.6 Å². The van der Waals surface area contributed by atoms with Gasteiger partial charge in [0.2, 0.25) is 0 Å². The fourth-order valence-corrected chi connectivity index (χ4v) is 2.84. The summed E-state index contributed by atoms with van der Waals surface area (Å²) in [5, 5.41) is 9.47. The minimum atomic E-state index is -0.939. The summed E-state index contributed by atoms with van der Waals surface area (Å²) >= 11 is 6.21. The van der Waals surface area contributed by atoms with E-state index < -0.39 is 5.97 Å². The molecule has 1 N–H and O–H groups in total. The number of carbonyl (C=O) groups is 1. The first-order valence-corrected chi connectivity index (χ1v) is 7.11. The third-order valence-corrected chi connectivity index (χ3v) is 4.66. The molecule has 19 heavy (non-hydrogen) atoms. The van der Waals surface area contributed by atoms with Crippen molar-refractivity contribution in [1.82, 2.24) is 0 Å². The van der Waals surface area contributed by atoms with Gasteiger partial charge in [0.05, 0.1) is 16.3 Å². The normalized spacial score (nSPS) is 18.4. The number of rotatable bonds is 3. The molecule has 3 nitrogen and oxygen atoms in total. The zero-order valence-corrected chi connectivity index (χ0v) is 12.2. The van der Waals surface area contributed by atoms with Crippen LogP contribution in [0, 0.1) is 5.41 Å². The highest BCUT2D eigenvalue weighted by Crippen LogP contribution is 2.37. The molecule has 1 saturated heterocycles. The lowest BCUT2D eigenvalue weighted by molar-refractivity contribution is 0.0697. The molecule has 0 atom stereocenters. The Morgan fingerprint density at radius 2 is 2.05 bits per heavy atom.